The first-order chi connectivity index (χ1) is 9.36. The molecule has 8 nitrogen and oxygen atoms in total. The molecule has 0 aromatic carbocycles. The van der Waals surface area contributed by atoms with Gasteiger partial charge >= 0.3 is 12.1 Å². The molecular weight excluding hydrogens is 268 g/mol. The third-order valence-electron chi connectivity index (χ3n) is 2.98. The van der Waals surface area contributed by atoms with E-state index < -0.39 is 24.2 Å². The van der Waals surface area contributed by atoms with Gasteiger partial charge in [-0.25, -0.2) is 9.59 Å². The second-order valence-electron chi connectivity index (χ2n) is 4.66. The second kappa shape index (κ2) is 7.09. The van der Waals surface area contributed by atoms with E-state index in [0.717, 1.165) is 4.90 Å². The number of carbonyl (C=O) groups excluding carboxylic acids is 2. The molecule has 0 bridgehead atoms. The van der Waals surface area contributed by atoms with Gasteiger partial charge in [0.05, 0.1) is 19.3 Å². The number of carboxylic acid groups (broad SMARTS) is 1. The molecule has 2 amide bonds. The fraction of sp³-hybridized carbons (Fsp3) is 0.750. The van der Waals surface area contributed by atoms with Crippen molar-refractivity contribution in [3.8, 4) is 0 Å². The smallest absolute Gasteiger partial charge is 0.408 e. The Bertz CT molecular complexity index is 384. The van der Waals surface area contributed by atoms with Crippen molar-refractivity contribution in [1.29, 1.82) is 0 Å². The summed E-state index contributed by atoms with van der Waals surface area (Å²) in [6.07, 6.45) is -1.42. The van der Waals surface area contributed by atoms with Crippen molar-refractivity contribution in [2.45, 2.75) is 25.5 Å². The molecule has 1 fully saturated rings. The molecule has 1 saturated heterocycles. The molecule has 0 aliphatic carbocycles. The highest BCUT2D eigenvalue weighted by molar-refractivity contribution is 5.85. The summed E-state index contributed by atoms with van der Waals surface area (Å²) in [6, 6.07) is -0.769. The number of amides is 2. The Morgan fingerprint density at radius 3 is 2.50 bits per heavy atom. The van der Waals surface area contributed by atoms with Gasteiger partial charge in [0.2, 0.25) is 5.91 Å². The van der Waals surface area contributed by atoms with Gasteiger partial charge in [0.15, 0.2) is 0 Å². The van der Waals surface area contributed by atoms with E-state index in [9.17, 15) is 14.4 Å². The van der Waals surface area contributed by atoms with Crippen molar-refractivity contribution < 1.29 is 29.0 Å². The molecule has 114 valence electrons. The van der Waals surface area contributed by atoms with Crippen LogP contribution in [0, 0.1) is 0 Å². The van der Waals surface area contributed by atoms with Gasteiger partial charge in [-0.15, -0.1) is 0 Å². The summed E-state index contributed by atoms with van der Waals surface area (Å²) in [5, 5.41) is 9.10. The summed E-state index contributed by atoms with van der Waals surface area (Å²) >= 11 is 0. The molecule has 1 N–H and O–H groups in total. The Labute approximate surface area is 117 Å². The first-order valence-electron chi connectivity index (χ1n) is 6.34. The number of nitrogens with zero attached hydrogens (tertiary/aromatic N) is 2. The van der Waals surface area contributed by atoms with E-state index in [1.165, 1.54) is 4.90 Å². The maximum atomic E-state index is 11.9. The van der Waals surface area contributed by atoms with Crippen LogP contribution in [0.5, 0.6) is 0 Å². The van der Waals surface area contributed by atoms with Crippen molar-refractivity contribution in [3.05, 3.63) is 0 Å². The lowest BCUT2D eigenvalue weighted by Gasteiger charge is -2.23. The topological polar surface area (TPSA) is 96.4 Å². The van der Waals surface area contributed by atoms with Crippen LogP contribution in [0.3, 0.4) is 0 Å². The molecule has 20 heavy (non-hydrogen) atoms. The third-order valence-corrected chi connectivity index (χ3v) is 2.98. The molecule has 8 heteroatoms. The van der Waals surface area contributed by atoms with E-state index >= 15 is 0 Å². The number of rotatable bonds is 5. The number of esters is 1. The van der Waals surface area contributed by atoms with Crippen LogP contribution >= 0.6 is 0 Å². The summed E-state index contributed by atoms with van der Waals surface area (Å²) in [7, 11) is 3.13. The van der Waals surface area contributed by atoms with Gasteiger partial charge in [-0.3, -0.25) is 9.69 Å². The van der Waals surface area contributed by atoms with Crippen molar-refractivity contribution >= 4 is 18.0 Å². The molecular formula is C12H20N2O6. The number of hydrogen-bond acceptors (Lipinski definition) is 5. The van der Waals surface area contributed by atoms with E-state index in [1.807, 2.05) is 0 Å². The van der Waals surface area contributed by atoms with Gasteiger partial charge in [-0.05, 0) is 6.92 Å². The van der Waals surface area contributed by atoms with Crippen LogP contribution in [0.1, 0.15) is 13.3 Å². The molecule has 0 saturated carbocycles. The number of carbonyl (C=O) groups is 3. The fourth-order valence-corrected chi connectivity index (χ4v) is 2.05. The van der Waals surface area contributed by atoms with Crippen LogP contribution in [0.2, 0.25) is 0 Å². The molecule has 1 heterocycles. The van der Waals surface area contributed by atoms with E-state index in [2.05, 4.69) is 0 Å². The Balaban J connectivity index is 2.59. The van der Waals surface area contributed by atoms with Crippen LogP contribution in [0.4, 0.5) is 4.79 Å². The highest BCUT2D eigenvalue weighted by Gasteiger charge is 2.41. The molecule has 1 aliphatic rings. The lowest BCUT2D eigenvalue weighted by molar-refractivity contribution is -0.150. The fourth-order valence-electron chi connectivity index (χ4n) is 2.05. The summed E-state index contributed by atoms with van der Waals surface area (Å²) in [6.45, 7) is 1.77. The number of ether oxygens (including phenoxy) is 2. The third kappa shape index (κ3) is 4.09. The van der Waals surface area contributed by atoms with E-state index in [1.54, 1.807) is 21.0 Å². The molecule has 0 spiro atoms. The molecule has 1 rings (SSSR count). The van der Waals surface area contributed by atoms with E-state index in [0.29, 0.717) is 0 Å². The Kier molecular flexibility index (Phi) is 5.75. The molecule has 2 atom stereocenters. The first-order valence-corrected chi connectivity index (χ1v) is 6.34. The maximum absolute atomic E-state index is 11.9. The zero-order chi connectivity index (χ0) is 15.3. The van der Waals surface area contributed by atoms with Crippen molar-refractivity contribution in [2.24, 2.45) is 0 Å². The van der Waals surface area contributed by atoms with Crippen molar-refractivity contribution in [3.63, 3.8) is 0 Å². The standard InChI is InChI=1S/C12H20N2O6/c1-4-19-10(15)7-20-8-5-9(11(16)13(2)3)14(6-8)12(17)18/h8-9H,4-7H2,1-3H3,(H,17,18)/t8-,9+/m1/s1. The van der Waals surface area contributed by atoms with E-state index in [-0.39, 0.29) is 32.1 Å². The van der Waals surface area contributed by atoms with Crippen LogP contribution in [0.25, 0.3) is 0 Å². The van der Waals surface area contributed by atoms with E-state index in [4.69, 9.17) is 14.6 Å². The first kappa shape index (κ1) is 16.2. The zero-order valence-electron chi connectivity index (χ0n) is 11.9. The summed E-state index contributed by atoms with van der Waals surface area (Å²) in [5.74, 6) is -0.800. The number of hydrogen-bond donors (Lipinski definition) is 1. The van der Waals surface area contributed by atoms with Crippen LogP contribution in [-0.2, 0) is 19.1 Å². The minimum Gasteiger partial charge on any atom is -0.465 e. The van der Waals surface area contributed by atoms with Crippen LogP contribution < -0.4 is 0 Å². The largest absolute Gasteiger partial charge is 0.465 e. The monoisotopic (exact) mass is 288 g/mol. The summed E-state index contributed by atoms with van der Waals surface area (Å²) in [5.41, 5.74) is 0. The van der Waals surface area contributed by atoms with Gasteiger partial charge in [0, 0.05) is 20.5 Å². The van der Waals surface area contributed by atoms with Gasteiger partial charge in [-0.1, -0.05) is 0 Å². The normalized spacial score (nSPS) is 21.6. The molecule has 1 aliphatic heterocycles. The van der Waals surface area contributed by atoms with Crippen molar-refractivity contribution in [2.75, 3.05) is 33.9 Å². The van der Waals surface area contributed by atoms with Gasteiger partial charge in [0.1, 0.15) is 12.6 Å². The number of likely N-dealkylation sites (tertiary alicyclic amines) is 1. The second-order valence-corrected chi connectivity index (χ2v) is 4.66. The lowest BCUT2D eigenvalue weighted by Crippen LogP contribution is -2.44. The molecule has 0 aromatic rings. The average molecular weight is 288 g/mol. The SMILES string of the molecule is CCOC(=O)CO[C@@H]1C[C@@H](C(=O)N(C)C)N(C(=O)O)C1. The van der Waals surface area contributed by atoms with Gasteiger partial charge in [0.25, 0.3) is 0 Å². The Morgan fingerprint density at radius 1 is 1.35 bits per heavy atom. The predicted molar refractivity (Wildman–Crippen MR) is 68.2 cm³/mol. The minimum atomic E-state index is -1.17. The van der Waals surface area contributed by atoms with Gasteiger partial charge < -0.3 is 19.5 Å². The van der Waals surface area contributed by atoms with Crippen LogP contribution in [-0.4, -0.2) is 78.9 Å². The minimum absolute atomic E-state index is 0.0684. The summed E-state index contributed by atoms with van der Waals surface area (Å²) < 4.78 is 10.0. The number of likely N-dealkylation sites (N-methyl/N-ethyl adjacent to an activating group) is 1. The highest BCUT2D eigenvalue weighted by Crippen LogP contribution is 2.22. The Morgan fingerprint density at radius 2 is 2.00 bits per heavy atom. The predicted octanol–water partition coefficient (Wildman–Crippen LogP) is -0.225. The quantitative estimate of drug-likeness (QED) is 0.702. The highest BCUT2D eigenvalue weighted by atomic mass is 16.6. The summed E-state index contributed by atoms with van der Waals surface area (Å²) in [4.78, 5) is 36.6. The molecule has 0 unspecified atom stereocenters. The zero-order valence-corrected chi connectivity index (χ0v) is 11.9. The lowest BCUT2D eigenvalue weighted by atomic mass is 10.2. The average Bonchev–Trinajstić information content (AvgIpc) is 2.80. The molecule has 0 aromatic heterocycles. The Hall–Kier alpha value is -1.83. The van der Waals surface area contributed by atoms with Crippen molar-refractivity contribution in [1.82, 2.24) is 9.80 Å². The van der Waals surface area contributed by atoms with Crippen LogP contribution in [0.15, 0.2) is 0 Å². The maximum Gasteiger partial charge on any atom is 0.408 e. The van der Waals surface area contributed by atoms with Gasteiger partial charge in [-0.2, -0.15) is 0 Å². The molecule has 0 radical (unpaired) electrons.